The molecule has 136 valence electrons. The maximum atomic E-state index is 12.8. The number of hydrogen-bond donors (Lipinski definition) is 3. The standard InChI is InChI=1S/C19H26FN3O2/c20-14-7-5-13(6-8-14)19(25)21-12-11-18(24)23-17-10-9-16(17)22-15-3-1-2-4-15/h5-8,15-17,22H,1-4,9-12H2,(H,21,25)(H,23,24)/t16-,17+/m1/s1. The first kappa shape index (κ1) is 17.9. The molecule has 0 spiro atoms. The lowest BCUT2D eigenvalue weighted by Crippen LogP contribution is -2.58. The van der Waals surface area contributed by atoms with Crippen molar-refractivity contribution in [3.8, 4) is 0 Å². The molecule has 0 saturated heterocycles. The molecule has 1 aromatic rings. The number of benzene rings is 1. The molecule has 2 saturated carbocycles. The second-order valence-electron chi connectivity index (χ2n) is 7.02. The quantitative estimate of drug-likeness (QED) is 0.708. The van der Waals surface area contributed by atoms with Crippen LogP contribution >= 0.6 is 0 Å². The second kappa shape index (κ2) is 8.43. The predicted octanol–water partition coefficient (Wildman–Crippen LogP) is 2.12. The highest BCUT2D eigenvalue weighted by Gasteiger charge is 2.33. The van der Waals surface area contributed by atoms with Crippen molar-refractivity contribution in [2.75, 3.05) is 6.54 Å². The van der Waals surface area contributed by atoms with Gasteiger partial charge in [-0.1, -0.05) is 12.8 Å². The largest absolute Gasteiger partial charge is 0.352 e. The first-order valence-corrected chi connectivity index (χ1v) is 9.21. The van der Waals surface area contributed by atoms with E-state index < -0.39 is 0 Å². The van der Waals surface area contributed by atoms with Gasteiger partial charge in [-0.3, -0.25) is 9.59 Å². The smallest absolute Gasteiger partial charge is 0.251 e. The minimum Gasteiger partial charge on any atom is -0.352 e. The molecule has 0 bridgehead atoms. The zero-order chi connectivity index (χ0) is 17.6. The van der Waals surface area contributed by atoms with E-state index in [0.717, 1.165) is 12.8 Å². The van der Waals surface area contributed by atoms with Crippen molar-refractivity contribution in [3.05, 3.63) is 35.6 Å². The van der Waals surface area contributed by atoms with Crippen LogP contribution in [0.25, 0.3) is 0 Å². The average Bonchev–Trinajstić information content (AvgIpc) is 3.10. The van der Waals surface area contributed by atoms with Gasteiger partial charge in [-0.05, 0) is 49.9 Å². The number of carbonyl (C=O) groups is 2. The molecule has 6 heteroatoms. The van der Waals surface area contributed by atoms with Crippen LogP contribution in [0.1, 0.15) is 55.3 Å². The number of hydrogen-bond acceptors (Lipinski definition) is 3. The molecule has 1 aromatic carbocycles. The SMILES string of the molecule is O=C(CCNC(=O)c1ccc(F)cc1)N[C@H]1CC[C@H]1NC1CCCC1. The average molecular weight is 347 g/mol. The number of rotatable bonds is 7. The highest BCUT2D eigenvalue weighted by Crippen LogP contribution is 2.25. The molecule has 2 aliphatic carbocycles. The Hall–Kier alpha value is -1.95. The fourth-order valence-electron chi connectivity index (χ4n) is 3.54. The Morgan fingerprint density at radius 1 is 1.00 bits per heavy atom. The fourth-order valence-corrected chi connectivity index (χ4v) is 3.54. The molecule has 0 aromatic heterocycles. The van der Waals surface area contributed by atoms with Gasteiger partial charge < -0.3 is 16.0 Å². The Balaban J connectivity index is 1.34. The van der Waals surface area contributed by atoms with E-state index in [1.807, 2.05) is 0 Å². The summed E-state index contributed by atoms with van der Waals surface area (Å²) in [5, 5.41) is 9.41. The molecule has 0 unspecified atom stereocenters. The monoisotopic (exact) mass is 347 g/mol. The van der Waals surface area contributed by atoms with E-state index in [-0.39, 0.29) is 36.6 Å². The zero-order valence-electron chi connectivity index (χ0n) is 14.4. The third kappa shape index (κ3) is 5.01. The molecule has 0 radical (unpaired) electrons. The van der Waals surface area contributed by atoms with Crippen LogP contribution in [0.15, 0.2) is 24.3 Å². The third-order valence-electron chi connectivity index (χ3n) is 5.17. The van der Waals surface area contributed by atoms with Gasteiger partial charge in [0.2, 0.25) is 5.91 Å². The number of nitrogens with one attached hydrogen (secondary N) is 3. The molecule has 2 atom stereocenters. The summed E-state index contributed by atoms with van der Waals surface area (Å²) in [7, 11) is 0. The van der Waals surface area contributed by atoms with E-state index >= 15 is 0 Å². The van der Waals surface area contributed by atoms with Crippen molar-refractivity contribution in [1.29, 1.82) is 0 Å². The van der Waals surface area contributed by atoms with Gasteiger partial charge >= 0.3 is 0 Å². The minimum atomic E-state index is -0.378. The van der Waals surface area contributed by atoms with Crippen molar-refractivity contribution in [1.82, 2.24) is 16.0 Å². The highest BCUT2D eigenvalue weighted by atomic mass is 19.1. The molecule has 2 amide bonds. The van der Waals surface area contributed by atoms with E-state index in [9.17, 15) is 14.0 Å². The van der Waals surface area contributed by atoms with Gasteiger partial charge in [0.1, 0.15) is 5.82 Å². The summed E-state index contributed by atoms with van der Waals surface area (Å²) in [6.45, 7) is 0.273. The van der Waals surface area contributed by atoms with Crippen LogP contribution in [-0.2, 0) is 4.79 Å². The van der Waals surface area contributed by atoms with Gasteiger partial charge in [-0.15, -0.1) is 0 Å². The summed E-state index contributed by atoms with van der Waals surface area (Å²) in [6.07, 6.45) is 7.46. The van der Waals surface area contributed by atoms with E-state index in [2.05, 4.69) is 16.0 Å². The van der Waals surface area contributed by atoms with Gasteiger partial charge in [-0.2, -0.15) is 0 Å². The molecule has 0 heterocycles. The van der Waals surface area contributed by atoms with Crippen molar-refractivity contribution >= 4 is 11.8 Å². The van der Waals surface area contributed by atoms with E-state index in [0.29, 0.717) is 17.6 Å². The number of amides is 2. The molecule has 25 heavy (non-hydrogen) atoms. The third-order valence-corrected chi connectivity index (χ3v) is 5.17. The van der Waals surface area contributed by atoms with Crippen molar-refractivity contribution in [2.45, 2.75) is 63.1 Å². The summed E-state index contributed by atoms with van der Waals surface area (Å²) in [6, 6.07) is 6.56. The maximum Gasteiger partial charge on any atom is 0.251 e. The lowest BCUT2D eigenvalue weighted by molar-refractivity contribution is -0.122. The summed E-state index contributed by atoms with van der Waals surface area (Å²) < 4.78 is 12.8. The van der Waals surface area contributed by atoms with Crippen LogP contribution in [0.5, 0.6) is 0 Å². The first-order chi connectivity index (χ1) is 12.1. The Kier molecular flexibility index (Phi) is 6.02. The van der Waals surface area contributed by atoms with Crippen LogP contribution in [0.2, 0.25) is 0 Å². The number of carbonyl (C=O) groups excluding carboxylic acids is 2. The van der Waals surface area contributed by atoms with Gasteiger partial charge in [0, 0.05) is 36.7 Å². The Bertz CT molecular complexity index is 599. The molecular weight excluding hydrogens is 321 g/mol. The molecule has 2 fully saturated rings. The highest BCUT2D eigenvalue weighted by molar-refractivity contribution is 5.94. The van der Waals surface area contributed by atoms with Crippen LogP contribution in [0.3, 0.4) is 0 Å². The van der Waals surface area contributed by atoms with Crippen LogP contribution in [-0.4, -0.2) is 36.5 Å². The summed E-state index contributed by atoms with van der Waals surface area (Å²) in [5.74, 6) is -0.711. The fraction of sp³-hybridized carbons (Fsp3) is 0.579. The van der Waals surface area contributed by atoms with Crippen LogP contribution < -0.4 is 16.0 Å². The van der Waals surface area contributed by atoms with Crippen LogP contribution in [0.4, 0.5) is 4.39 Å². The lowest BCUT2D eigenvalue weighted by Gasteiger charge is -2.39. The van der Waals surface area contributed by atoms with Gasteiger partial charge in [-0.25, -0.2) is 4.39 Å². The second-order valence-corrected chi connectivity index (χ2v) is 7.02. The van der Waals surface area contributed by atoms with E-state index in [4.69, 9.17) is 0 Å². The van der Waals surface area contributed by atoms with Crippen LogP contribution in [0, 0.1) is 5.82 Å². The normalized spacial score (nSPS) is 23.1. The zero-order valence-corrected chi connectivity index (χ0v) is 14.4. The molecule has 5 nitrogen and oxygen atoms in total. The predicted molar refractivity (Wildman–Crippen MR) is 93.7 cm³/mol. The molecule has 0 aliphatic heterocycles. The molecule has 2 aliphatic rings. The van der Waals surface area contributed by atoms with Crippen molar-refractivity contribution in [2.24, 2.45) is 0 Å². The van der Waals surface area contributed by atoms with E-state index in [1.54, 1.807) is 0 Å². The van der Waals surface area contributed by atoms with E-state index in [1.165, 1.54) is 49.9 Å². The lowest BCUT2D eigenvalue weighted by atomic mass is 9.85. The molecule has 3 rings (SSSR count). The Morgan fingerprint density at radius 2 is 1.68 bits per heavy atom. The molecule has 3 N–H and O–H groups in total. The summed E-state index contributed by atoms with van der Waals surface area (Å²) >= 11 is 0. The maximum absolute atomic E-state index is 12.8. The van der Waals surface area contributed by atoms with Gasteiger partial charge in [0.25, 0.3) is 5.91 Å². The Labute approximate surface area is 147 Å². The minimum absolute atomic E-state index is 0.0395. The van der Waals surface area contributed by atoms with Gasteiger partial charge in [0.05, 0.1) is 0 Å². The van der Waals surface area contributed by atoms with Gasteiger partial charge in [0.15, 0.2) is 0 Å². The first-order valence-electron chi connectivity index (χ1n) is 9.21. The molecular formula is C19H26FN3O2. The van der Waals surface area contributed by atoms with Crippen molar-refractivity contribution < 1.29 is 14.0 Å². The summed E-state index contributed by atoms with van der Waals surface area (Å²) in [5.41, 5.74) is 0.390. The topological polar surface area (TPSA) is 70.2 Å². The summed E-state index contributed by atoms with van der Waals surface area (Å²) in [4.78, 5) is 23.9. The number of halogens is 1. The van der Waals surface area contributed by atoms with Crippen molar-refractivity contribution in [3.63, 3.8) is 0 Å². The Morgan fingerprint density at radius 3 is 2.32 bits per heavy atom.